The van der Waals surface area contributed by atoms with Crippen LogP contribution in [0.15, 0.2) is 168 Å². The Labute approximate surface area is 282 Å². The first kappa shape index (κ1) is 27.5. The van der Waals surface area contributed by atoms with E-state index in [9.17, 15) is 0 Å². The van der Waals surface area contributed by atoms with Crippen LogP contribution in [-0.2, 0) is 0 Å². The summed E-state index contributed by atoms with van der Waals surface area (Å²) in [5.74, 6) is 1.85. The Kier molecular flexibility index (Phi) is 6.15. The van der Waals surface area contributed by atoms with Gasteiger partial charge in [0.1, 0.15) is 11.2 Å². The summed E-state index contributed by atoms with van der Waals surface area (Å²) in [7, 11) is 0. The van der Waals surface area contributed by atoms with Crippen molar-refractivity contribution in [2.75, 3.05) is 0 Å². The van der Waals surface area contributed by atoms with Crippen LogP contribution in [-0.4, -0.2) is 15.0 Å². The number of hydrogen-bond donors (Lipinski definition) is 0. The van der Waals surface area contributed by atoms with Crippen molar-refractivity contribution in [1.29, 1.82) is 0 Å². The molecule has 0 aliphatic carbocycles. The van der Waals surface area contributed by atoms with Crippen LogP contribution >= 0.6 is 0 Å². The number of hydrogen-bond acceptors (Lipinski definition) is 4. The predicted molar refractivity (Wildman–Crippen MR) is 201 cm³/mol. The highest BCUT2D eigenvalue weighted by atomic mass is 16.3. The zero-order chi connectivity index (χ0) is 32.3. The lowest BCUT2D eigenvalue weighted by Crippen LogP contribution is -2.00. The fourth-order valence-corrected chi connectivity index (χ4v) is 7.01. The lowest BCUT2D eigenvalue weighted by Gasteiger charge is -2.12. The van der Waals surface area contributed by atoms with Gasteiger partial charge < -0.3 is 4.42 Å². The molecule has 0 saturated heterocycles. The molecule has 0 unspecified atom stereocenters. The van der Waals surface area contributed by atoms with Crippen molar-refractivity contribution in [3.63, 3.8) is 0 Å². The summed E-state index contributed by atoms with van der Waals surface area (Å²) < 4.78 is 6.67. The van der Waals surface area contributed by atoms with Crippen LogP contribution < -0.4 is 0 Å². The lowest BCUT2D eigenvalue weighted by molar-refractivity contribution is 0.672. The van der Waals surface area contributed by atoms with Gasteiger partial charge in [0.15, 0.2) is 17.5 Å². The molecule has 49 heavy (non-hydrogen) atoms. The van der Waals surface area contributed by atoms with Gasteiger partial charge in [-0.25, -0.2) is 15.0 Å². The van der Waals surface area contributed by atoms with Gasteiger partial charge in [-0.2, -0.15) is 0 Å². The Morgan fingerprint density at radius 3 is 1.59 bits per heavy atom. The molecule has 0 bridgehead atoms. The van der Waals surface area contributed by atoms with Crippen molar-refractivity contribution in [2.45, 2.75) is 0 Å². The maximum absolute atomic E-state index is 6.67. The molecule has 228 valence electrons. The minimum absolute atomic E-state index is 0.604. The summed E-state index contributed by atoms with van der Waals surface area (Å²) in [6.07, 6.45) is 0. The lowest BCUT2D eigenvalue weighted by atomic mass is 9.96. The number of aromatic nitrogens is 3. The molecule has 0 saturated carbocycles. The summed E-state index contributed by atoms with van der Waals surface area (Å²) in [5, 5.41) is 8.75. The fourth-order valence-electron chi connectivity index (χ4n) is 7.01. The van der Waals surface area contributed by atoms with Crippen LogP contribution in [0.1, 0.15) is 0 Å². The van der Waals surface area contributed by atoms with Crippen LogP contribution in [0.3, 0.4) is 0 Å². The second kappa shape index (κ2) is 11.0. The van der Waals surface area contributed by atoms with Gasteiger partial charge in [-0.05, 0) is 68.4 Å². The van der Waals surface area contributed by atoms with Crippen LogP contribution in [0, 0.1) is 0 Å². The van der Waals surface area contributed by atoms with E-state index >= 15 is 0 Å². The largest absolute Gasteiger partial charge is 0.455 e. The smallest absolute Gasteiger partial charge is 0.164 e. The van der Waals surface area contributed by atoms with E-state index in [2.05, 4.69) is 146 Å². The maximum atomic E-state index is 6.67. The van der Waals surface area contributed by atoms with Crippen molar-refractivity contribution in [2.24, 2.45) is 0 Å². The topological polar surface area (TPSA) is 51.8 Å². The van der Waals surface area contributed by atoms with Crippen molar-refractivity contribution in [1.82, 2.24) is 15.0 Å². The fraction of sp³-hybridized carbons (Fsp3) is 0. The maximum Gasteiger partial charge on any atom is 0.164 e. The minimum atomic E-state index is 0.604. The van der Waals surface area contributed by atoms with Gasteiger partial charge in [0.05, 0.1) is 0 Å². The van der Waals surface area contributed by atoms with E-state index in [1.807, 2.05) is 18.2 Å². The van der Waals surface area contributed by atoms with Crippen LogP contribution in [0.5, 0.6) is 0 Å². The molecule has 0 N–H and O–H groups in total. The molecule has 4 nitrogen and oxygen atoms in total. The Balaban J connectivity index is 1.26. The molecule has 4 heteroatoms. The van der Waals surface area contributed by atoms with Gasteiger partial charge in [0.25, 0.3) is 0 Å². The van der Waals surface area contributed by atoms with Gasteiger partial charge in [0.2, 0.25) is 0 Å². The molecule has 0 fully saturated rings. The number of benzene rings is 8. The van der Waals surface area contributed by atoms with Crippen molar-refractivity contribution < 1.29 is 4.42 Å². The Morgan fingerprint density at radius 2 is 0.898 bits per heavy atom. The van der Waals surface area contributed by atoms with E-state index in [0.717, 1.165) is 71.3 Å². The second-order valence-corrected chi connectivity index (χ2v) is 12.5. The third-order valence-corrected chi connectivity index (χ3v) is 9.46. The highest BCUT2D eigenvalue weighted by molar-refractivity contribution is 6.21. The van der Waals surface area contributed by atoms with Crippen LogP contribution in [0.2, 0.25) is 0 Å². The zero-order valence-electron chi connectivity index (χ0n) is 26.3. The first-order chi connectivity index (χ1) is 24.2. The molecule has 0 spiro atoms. The standard InChI is InChI=1S/C45H27N3O/c1-2-10-28(11-3-1)33-20-21-34-27-39(41-37-16-8-9-17-40(37)49-42(41)38(34)26-33)45-47-43(35-22-18-29-12-4-6-14-31(29)24-35)46-44(48-45)36-23-19-30-13-5-7-15-32(30)25-36/h1-27H. The third-order valence-electron chi connectivity index (χ3n) is 9.46. The van der Waals surface area contributed by atoms with Gasteiger partial charge in [-0.3, -0.25) is 0 Å². The summed E-state index contributed by atoms with van der Waals surface area (Å²) >= 11 is 0. The highest BCUT2D eigenvalue weighted by Crippen LogP contribution is 2.42. The van der Waals surface area contributed by atoms with Crippen molar-refractivity contribution >= 4 is 54.3 Å². The number of furan rings is 1. The van der Waals surface area contributed by atoms with E-state index in [-0.39, 0.29) is 0 Å². The van der Waals surface area contributed by atoms with Crippen LogP contribution in [0.25, 0.3) is 99.5 Å². The molecule has 10 rings (SSSR count). The summed E-state index contributed by atoms with van der Waals surface area (Å²) in [6, 6.07) is 57.0. The van der Waals surface area contributed by atoms with E-state index in [4.69, 9.17) is 19.4 Å². The Hall–Kier alpha value is -6.65. The molecular weight excluding hydrogens is 599 g/mol. The third kappa shape index (κ3) is 4.65. The van der Waals surface area contributed by atoms with Gasteiger partial charge in [-0.1, -0.05) is 133 Å². The number of rotatable bonds is 4. The molecule has 0 aliphatic rings. The second-order valence-electron chi connectivity index (χ2n) is 12.5. The summed E-state index contributed by atoms with van der Waals surface area (Å²) in [4.78, 5) is 15.5. The number of para-hydroxylation sites is 1. The number of fused-ring (bicyclic) bond motifs is 7. The van der Waals surface area contributed by atoms with E-state index < -0.39 is 0 Å². The average molecular weight is 626 g/mol. The SMILES string of the molecule is c1ccc(-c2ccc3cc(-c4nc(-c5ccc6ccccc6c5)nc(-c5ccc6ccccc6c5)n4)c4c5ccccc5oc4c3c2)cc1. The predicted octanol–water partition coefficient (Wildman–Crippen LogP) is 11.9. The van der Waals surface area contributed by atoms with Gasteiger partial charge >= 0.3 is 0 Å². The molecule has 2 heterocycles. The summed E-state index contributed by atoms with van der Waals surface area (Å²) in [5.41, 5.74) is 6.74. The Morgan fingerprint density at radius 1 is 0.347 bits per heavy atom. The van der Waals surface area contributed by atoms with Crippen LogP contribution in [0.4, 0.5) is 0 Å². The average Bonchev–Trinajstić information content (AvgIpc) is 3.57. The van der Waals surface area contributed by atoms with Crippen molar-refractivity contribution in [3.8, 4) is 45.3 Å². The van der Waals surface area contributed by atoms with E-state index in [0.29, 0.717) is 17.5 Å². The van der Waals surface area contributed by atoms with Crippen molar-refractivity contribution in [3.05, 3.63) is 164 Å². The molecule has 0 amide bonds. The molecule has 2 aromatic heterocycles. The number of nitrogens with zero attached hydrogens (tertiary/aromatic N) is 3. The van der Waals surface area contributed by atoms with E-state index in [1.54, 1.807) is 0 Å². The molecule has 0 aliphatic heterocycles. The van der Waals surface area contributed by atoms with E-state index in [1.165, 1.54) is 10.8 Å². The molecular formula is C45H27N3O. The first-order valence-electron chi connectivity index (χ1n) is 16.4. The molecule has 10 aromatic rings. The van der Waals surface area contributed by atoms with Gasteiger partial charge in [-0.15, -0.1) is 0 Å². The minimum Gasteiger partial charge on any atom is -0.455 e. The molecule has 0 radical (unpaired) electrons. The normalized spacial score (nSPS) is 11.7. The monoisotopic (exact) mass is 625 g/mol. The zero-order valence-corrected chi connectivity index (χ0v) is 26.3. The Bertz CT molecular complexity index is 2790. The highest BCUT2D eigenvalue weighted by Gasteiger charge is 2.21. The molecule has 8 aromatic carbocycles. The molecule has 0 atom stereocenters. The first-order valence-corrected chi connectivity index (χ1v) is 16.4. The van der Waals surface area contributed by atoms with Gasteiger partial charge in [0, 0.05) is 32.8 Å². The summed E-state index contributed by atoms with van der Waals surface area (Å²) in [6.45, 7) is 0. The quantitative estimate of drug-likeness (QED) is 0.195.